The summed E-state index contributed by atoms with van der Waals surface area (Å²) in [7, 11) is 0. The molecule has 1 fully saturated rings. The molecule has 4 heterocycles. The molecule has 38 heavy (non-hydrogen) atoms. The van der Waals surface area contributed by atoms with Gasteiger partial charge in [-0.1, -0.05) is 6.07 Å². The second-order valence-corrected chi connectivity index (χ2v) is 9.26. The molecule has 2 N–H and O–H groups in total. The molecule has 0 unspecified atom stereocenters. The molecular weight excluding hydrogens is 489 g/mol. The molecule has 0 spiro atoms. The van der Waals surface area contributed by atoms with Crippen molar-refractivity contribution in [3.63, 3.8) is 0 Å². The van der Waals surface area contributed by atoms with Gasteiger partial charge in [-0.05, 0) is 44.2 Å². The molecule has 194 valence electrons. The average molecular weight is 516 g/mol. The summed E-state index contributed by atoms with van der Waals surface area (Å²) < 4.78 is 16.1. The molecule has 4 aromatic rings. The van der Waals surface area contributed by atoms with Crippen LogP contribution in [0.15, 0.2) is 61.3 Å². The quantitative estimate of drug-likeness (QED) is 0.360. The number of hydrogen-bond acceptors (Lipinski definition) is 7. The maximum Gasteiger partial charge on any atom is 0.248 e. The van der Waals surface area contributed by atoms with Crippen molar-refractivity contribution in [2.45, 2.75) is 39.0 Å². The van der Waals surface area contributed by atoms with E-state index in [1.54, 1.807) is 54.3 Å². The molecule has 3 aromatic heterocycles. The second kappa shape index (κ2) is 10.4. The minimum absolute atomic E-state index is 0.0905. The van der Waals surface area contributed by atoms with E-state index in [1.165, 1.54) is 18.2 Å². The number of fused-ring (bicyclic) bond motifs is 1. The molecule has 2 atom stereocenters. The first-order valence-electron chi connectivity index (χ1n) is 12.1. The number of alkyl halides is 1. The molecule has 0 bridgehead atoms. The second-order valence-electron chi connectivity index (χ2n) is 9.26. The van der Waals surface area contributed by atoms with Crippen LogP contribution in [-0.4, -0.2) is 60.8 Å². The summed E-state index contributed by atoms with van der Waals surface area (Å²) in [4.78, 5) is 52.2. The lowest BCUT2D eigenvalue weighted by atomic mass is 10.1. The van der Waals surface area contributed by atoms with Gasteiger partial charge in [0.15, 0.2) is 5.78 Å². The smallest absolute Gasteiger partial charge is 0.248 e. The molecule has 10 nitrogen and oxygen atoms in total. The Labute approximate surface area is 217 Å². The molecule has 5 rings (SSSR count). The number of halogens is 1. The standard InChI is InChI=1S/C27H26FN7O3/c1-16-4-3-5-25(31-16)33-27(38)24-8-18(28)12-35(24)26(37)14-34-13-22(17(2)36)21-9-19(6-7-23(21)34)32-20-10-29-15-30-11-20/h3-7,9-11,13,15,18,24,32H,8,12,14H2,1-2H3,(H,31,33,38)/t18-,24+/m1/s1. The van der Waals surface area contributed by atoms with Gasteiger partial charge in [0.05, 0.1) is 24.6 Å². The van der Waals surface area contributed by atoms with Crippen molar-refractivity contribution in [1.29, 1.82) is 0 Å². The van der Waals surface area contributed by atoms with Crippen LogP contribution in [-0.2, 0) is 16.1 Å². The number of aryl methyl sites for hydroxylation is 1. The van der Waals surface area contributed by atoms with Crippen LogP contribution in [0.25, 0.3) is 10.9 Å². The first-order chi connectivity index (χ1) is 18.3. The number of anilines is 3. The fourth-order valence-corrected chi connectivity index (χ4v) is 4.68. The summed E-state index contributed by atoms with van der Waals surface area (Å²) in [6, 6.07) is 9.67. The molecule has 1 aliphatic rings. The molecule has 2 amide bonds. The number of nitrogens with one attached hydrogen (secondary N) is 2. The molecule has 0 radical (unpaired) electrons. The van der Waals surface area contributed by atoms with Crippen LogP contribution >= 0.6 is 0 Å². The number of ketones is 1. The van der Waals surface area contributed by atoms with Crippen molar-refractivity contribution in [2.75, 3.05) is 17.2 Å². The monoisotopic (exact) mass is 515 g/mol. The van der Waals surface area contributed by atoms with E-state index in [0.717, 1.165) is 11.4 Å². The average Bonchev–Trinajstić information content (AvgIpc) is 3.45. The number of likely N-dealkylation sites (tertiary alicyclic amines) is 1. The van der Waals surface area contributed by atoms with Crippen LogP contribution in [0.5, 0.6) is 0 Å². The SMILES string of the molecule is CC(=O)c1cn(CC(=O)N2C[C@H](F)C[C@H]2C(=O)Nc2cccc(C)n2)c2ccc(Nc3cncnc3)cc12. The fourth-order valence-electron chi connectivity index (χ4n) is 4.68. The molecule has 1 aliphatic heterocycles. The summed E-state index contributed by atoms with van der Waals surface area (Å²) >= 11 is 0. The van der Waals surface area contributed by atoms with Crippen molar-refractivity contribution < 1.29 is 18.8 Å². The number of Topliss-reactive ketones (excluding diaryl/α,β-unsaturated/α-hetero) is 1. The van der Waals surface area contributed by atoms with Crippen LogP contribution in [0, 0.1) is 6.92 Å². The van der Waals surface area contributed by atoms with Crippen molar-refractivity contribution in [3.8, 4) is 0 Å². The van der Waals surface area contributed by atoms with E-state index < -0.39 is 24.0 Å². The van der Waals surface area contributed by atoms with Crippen molar-refractivity contribution in [1.82, 2.24) is 24.4 Å². The van der Waals surface area contributed by atoms with Gasteiger partial charge in [-0.3, -0.25) is 14.4 Å². The van der Waals surface area contributed by atoms with Gasteiger partial charge in [0.1, 0.15) is 30.9 Å². The summed E-state index contributed by atoms with van der Waals surface area (Å²) in [5.74, 6) is -0.717. The predicted octanol–water partition coefficient (Wildman–Crippen LogP) is 3.66. The molecule has 1 saturated heterocycles. The number of amides is 2. The van der Waals surface area contributed by atoms with Gasteiger partial charge in [-0.2, -0.15) is 0 Å². The Morgan fingerprint density at radius 3 is 2.63 bits per heavy atom. The Bertz CT molecular complexity index is 1520. The first kappa shape index (κ1) is 25.0. The molecule has 0 saturated carbocycles. The fraction of sp³-hybridized carbons (Fsp3) is 0.259. The topological polar surface area (TPSA) is 122 Å². The lowest BCUT2D eigenvalue weighted by Gasteiger charge is -2.24. The zero-order valence-electron chi connectivity index (χ0n) is 20.9. The lowest BCUT2D eigenvalue weighted by molar-refractivity contribution is -0.137. The summed E-state index contributed by atoms with van der Waals surface area (Å²) in [6.45, 7) is 2.93. The lowest BCUT2D eigenvalue weighted by Crippen LogP contribution is -2.44. The third-order valence-electron chi connectivity index (χ3n) is 6.43. The Hall–Kier alpha value is -4.67. The van der Waals surface area contributed by atoms with Gasteiger partial charge in [0.2, 0.25) is 11.8 Å². The van der Waals surface area contributed by atoms with Crippen molar-refractivity contribution in [2.24, 2.45) is 0 Å². The molecule has 0 aliphatic carbocycles. The number of carbonyl (C=O) groups excluding carboxylic acids is 3. The van der Waals surface area contributed by atoms with E-state index >= 15 is 0 Å². The van der Waals surface area contributed by atoms with Crippen LogP contribution in [0.2, 0.25) is 0 Å². The van der Waals surface area contributed by atoms with Crippen LogP contribution < -0.4 is 10.6 Å². The zero-order valence-corrected chi connectivity index (χ0v) is 20.9. The van der Waals surface area contributed by atoms with Crippen LogP contribution in [0.3, 0.4) is 0 Å². The van der Waals surface area contributed by atoms with Crippen LogP contribution in [0.4, 0.5) is 21.6 Å². The van der Waals surface area contributed by atoms with Gasteiger partial charge in [-0.25, -0.2) is 19.3 Å². The number of nitrogens with zero attached hydrogens (tertiary/aromatic N) is 5. The number of hydrogen-bond donors (Lipinski definition) is 2. The van der Waals surface area contributed by atoms with Gasteiger partial charge in [0.25, 0.3) is 0 Å². The Morgan fingerprint density at radius 1 is 1.11 bits per heavy atom. The van der Waals surface area contributed by atoms with Crippen LogP contribution in [0.1, 0.15) is 29.4 Å². The van der Waals surface area contributed by atoms with E-state index in [9.17, 15) is 18.8 Å². The number of aromatic nitrogens is 4. The first-order valence-corrected chi connectivity index (χ1v) is 12.1. The largest absolute Gasteiger partial charge is 0.353 e. The minimum atomic E-state index is -1.31. The van der Waals surface area contributed by atoms with Crippen molar-refractivity contribution >= 4 is 45.7 Å². The third-order valence-corrected chi connectivity index (χ3v) is 6.43. The normalized spacial score (nSPS) is 17.0. The summed E-state index contributed by atoms with van der Waals surface area (Å²) in [5.41, 5.74) is 3.25. The van der Waals surface area contributed by atoms with Gasteiger partial charge in [0, 0.05) is 40.5 Å². The highest BCUT2D eigenvalue weighted by molar-refractivity contribution is 6.08. The van der Waals surface area contributed by atoms with E-state index in [2.05, 4.69) is 25.6 Å². The molecule has 11 heteroatoms. The van der Waals surface area contributed by atoms with E-state index in [0.29, 0.717) is 28.0 Å². The highest BCUT2D eigenvalue weighted by Gasteiger charge is 2.40. The van der Waals surface area contributed by atoms with E-state index in [4.69, 9.17) is 0 Å². The van der Waals surface area contributed by atoms with E-state index in [1.807, 2.05) is 12.1 Å². The Kier molecular flexibility index (Phi) is 6.82. The third kappa shape index (κ3) is 5.22. The summed E-state index contributed by atoms with van der Waals surface area (Å²) in [6.07, 6.45) is 4.90. The van der Waals surface area contributed by atoms with Gasteiger partial charge in [-0.15, -0.1) is 0 Å². The predicted molar refractivity (Wildman–Crippen MR) is 140 cm³/mol. The van der Waals surface area contributed by atoms with Gasteiger partial charge < -0.3 is 20.1 Å². The highest BCUT2D eigenvalue weighted by atomic mass is 19.1. The Morgan fingerprint density at radius 2 is 1.89 bits per heavy atom. The highest BCUT2D eigenvalue weighted by Crippen LogP contribution is 2.28. The number of pyridine rings is 1. The molecular formula is C27H26FN7O3. The van der Waals surface area contributed by atoms with Gasteiger partial charge >= 0.3 is 0 Å². The Balaban J connectivity index is 1.38. The molecule has 1 aromatic carbocycles. The maximum atomic E-state index is 14.4. The number of benzene rings is 1. The maximum absolute atomic E-state index is 14.4. The number of carbonyl (C=O) groups is 3. The minimum Gasteiger partial charge on any atom is -0.353 e. The zero-order chi connectivity index (χ0) is 26.8. The van der Waals surface area contributed by atoms with E-state index in [-0.39, 0.29) is 25.3 Å². The number of rotatable bonds is 7. The van der Waals surface area contributed by atoms with Crippen molar-refractivity contribution in [3.05, 3.63) is 72.6 Å². The summed E-state index contributed by atoms with van der Waals surface area (Å²) in [5, 5.41) is 6.55.